The molecule has 1 N–H and O–H groups in total. The number of nitrogens with one attached hydrogen (secondary N) is 1. The van der Waals surface area contributed by atoms with Gasteiger partial charge in [-0.05, 0) is 43.9 Å². The molecule has 0 radical (unpaired) electrons. The van der Waals surface area contributed by atoms with E-state index >= 15 is 0 Å². The van der Waals surface area contributed by atoms with Gasteiger partial charge >= 0.3 is 0 Å². The van der Waals surface area contributed by atoms with E-state index in [1.807, 2.05) is 66.7 Å². The van der Waals surface area contributed by atoms with E-state index in [2.05, 4.69) is 10.3 Å². The smallest absolute Gasteiger partial charge is 0.232 e. The first-order valence-electron chi connectivity index (χ1n) is 10.5. The zero-order valence-electron chi connectivity index (χ0n) is 16.7. The third-order valence-electron chi connectivity index (χ3n) is 5.89. The summed E-state index contributed by atoms with van der Waals surface area (Å²) >= 11 is 0. The Hall–Kier alpha value is -3.34. The van der Waals surface area contributed by atoms with Crippen LogP contribution in [0, 0.1) is 0 Å². The van der Waals surface area contributed by atoms with Crippen LogP contribution in [-0.2, 0) is 4.79 Å². The average Bonchev–Trinajstić information content (AvgIpc) is 2.79. The SMILES string of the molecule is O=C(NC1CCC(Oc2ccccn2)CC1)C1c2ccccc2Oc2ccccc21. The van der Waals surface area contributed by atoms with Crippen molar-refractivity contribution in [1.29, 1.82) is 0 Å². The van der Waals surface area contributed by atoms with Gasteiger partial charge in [0.05, 0.1) is 5.92 Å². The molecule has 0 bridgehead atoms. The minimum absolute atomic E-state index is 0.0345. The van der Waals surface area contributed by atoms with E-state index in [1.54, 1.807) is 6.20 Å². The molecular weight excluding hydrogens is 376 g/mol. The third kappa shape index (κ3) is 3.75. The molecular formula is C25H24N2O3. The van der Waals surface area contributed by atoms with Gasteiger partial charge in [0.25, 0.3) is 0 Å². The maximum absolute atomic E-state index is 13.4. The number of fused-ring (bicyclic) bond motifs is 2. The van der Waals surface area contributed by atoms with E-state index in [0.717, 1.165) is 48.3 Å². The number of nitrogens with zero attached hydrogens (tertiary/aromatic N) is 1. The highest BCUT2D eigenvalue weighted by Gasteiger charge is 2.34. The Balaban J connectivity index is 1.26. The minimum Gasteiger partial charge on any atom is -0.474 e. The first-order chi connectivity index (χ1) is 14.8. The van der Waals surface area contributed by atoms with E-state index in [1.165, 1.54) is 0 Å². The van der Waals surface area contributed by atoms with Crippen molar-refractivity contribution in [1.82, 2.24) is 10.3 Å². The number of pyridine rings is 1. The van der Waals surface area contributed by atoms with Gasteiger partial charge in [-0.25, -0.2) is 4.98 Å². The highest BCUT2D eigenvalue weighted by molar-refractivity contribution is 5.89. The number of ether oxygens (including phenoxy) is 2. The van der Waals surface area contributed by atoms with E-state index < -0.39 is 0 Å². The van der Waals surface area contributed by atoms with Crippen LogP contribution in [0.15, 0.2) is 72.9 Å². The van der Waals surface area contributed by atoms with Crippen molar-refractivity contribution in [2.45, 2.75) is 43.7 Å². The zero-order chi connectivity index (χ0) is 20.3. The molecule has 2 heterocycles. The van der Waals surface area contributed by atoms with Crippen molar-refractivity contribution in [2.75, 3.05) is 0 Å². The van der Waals surface area contributed by atoms with Crippen LogP contribution in [0.25, 0.3) is 0 Å². The Kier molecular flexibility index (Phi) is 5.10. The molecule has 1 fully saturated rings. The van der Waals surface area contributed by atoms with E-state index in [9.17, 15) is 4.79 Å². The van der Waals surface area contributed by atoms with Gasteiger partial charge in [-0.2, -0.15) is 0 Å². The average molecular weight is 400 g/mol. The van der Waals surface area contributed by atoms with E-state index in [-0.39, 0.29) is 24.0 Å². The molecule has 0 atom stereocenters. The van der Waals surface area contributed by atoms with Crippen LogP contribution in [0.2, 0.25) is 0 Å². The second-order valence-electron chi connectivity index (χ2n) is 7.88. The molecule has 30 heavy (non-hydrogen) atoms. The lowest BCUT2D eigenvalue weighted by Gasteiger charge is -2.32. The van der Waals surface area contributed by atoms with Gasteiger partial charge < -0.3 is 14.8 Å². The predicted molar refractivity (Wildman–Crippen MR) is 114 cm³/mol. The summed E-state index contributed by atoms with van der Waals surface area (Å²) in [6.45, 7) is 0. The lowest BCUT2D eigenvalue weighted by atomic mass is 9.86. The third-order valence-corrected chi connectivity index (χ3v) is 5.89. The molecule has 1 amide bonds. The van der Waals surface area contributed by atoms with Gasteiger partial charge in [-0.3, -0.25) is 4.79 Å². The number of amides is 1. The van der Waals surface area contributed by atoms with Gasteiger partial charge in [0.15, 0.2) is 0 Å². The number of rotatable bonds is 4. The molecule has 1 aliphatic carbocycles. The Morgan fingerprint density at radius 3 is 2.13 bits per heavy atom. The van der Waals surface area contributed by atoms with Crippen LogP contribution < -0.4 is 14.8 Å². The van der Waals surface area contributed by atoms with Gasteiger partial charge in [0, 0.05) is 29.4 Å². The minimum atomic E-state index is -0.353. The molecule has 2 aromatic carbocycles. The standard InChI is InChI=1S/C25H24N2O3/c28-25(27-17-12-14-18(15-13-17)29-23-11-5-6-16-26-23)24-19-7-1-3-9-21(19)30-22-10-4-2-8-20(22)24/h1-11,16-18,24H,12-15H2,(H,27,28). The second kappa shape index (κ2) is 8.19. The lowest BCUT2D eigenvalue weighted by molar-refractivity contribution is -0.122. The molecule has 1 aromatic heterocycles. The van der Waals surface area contributed by atoms with Crippen LogP contribution in [0.1, 0.15) is 42.7 Å². The quantitative estimate of drug-likeness (QED) is 0.682. The Morgan fingerprint density at radius 2 is 1.50 bits per heavy atom. The number of para-hydroxylation sites is 2. The van der Waals surface area contributed by atoms with Gasteiger partial charge in [0.2, 0.25) is 11.8 Å². The summed E-state index contributed by atoms with van der Waals surface area (Å²) in [6, 6.07) is 21.4. The maximum atomic E-state index is 13.4. The molecule has 1 saturated carbocycles. The van der Waals surface area contributed by atoms with E-state index in [4.69, 9.17) is 9.47 Å². The molecule has 5 nitrogen and oxygen atoms in total. The monoisotopic (exact) mass is 400 g/mol. The largest absolute Gasteiger partial charge is 0.474 e. The number of benzene rings is 2. The number of hydrogen-bond acceptors (Lipinski definition) is 4. The Bertz CT molecular complexity index is 984. The molecule has 5 rings (SSSR count). The Morgan fingerprint density at radius 1 is 0.867 bits per heavy atom. The lowest BCUT2D eigenvalue weighted by Crippen LogP contribution is -2.42. The summed E-state index contributed by atoms with van der Waals surface area (Å²) in [5, 5.41) is 3.29. The fourth-order valence-electron chi connectivity index (χ4n) is 4.39. The normalized spacial score (nSPS) is 20.4. The summed E-state index contributed by atoms with van der Waals surface area (Å²) in [6.07, 6.45) is 5.50. The van der Waals surface area contributed by atoms with Crippen molar-refractivity contribution in [3.63, 3.8) is 0 Å². The zero-order valence-corrected chi connectivity index (χ0v) is 16.7. The first-order valence-corrected chi connectivity index (χ1v) is 10.5. The van der Waals surface area contributed by atoms with Gasteiger partial charge in [0.1, 0.15) is 17.6 Å². The van der Waals surface area contributed by atoms with Crippen molar-refractivity contribution in [2.24, 2.45) is 0 Å². The molecule has 2 aliphatic rings. The summed E-state index contributed by atoms with van der Waals surface area (Å²) in [5.74, 6) is 1.86. The fraction of sp³-hybridized carbons (Fsp3) is 0.280. The molecule has 5 heteroatoms. The van der Waals surface area contributed by atoms with Crippen LogP contribution in [0.4, 0.5) is 0 Å². The number of carbonyl (C=O) groups excluding carboxylic acids is 1. The molecule has 1 aliphatic heterocycles. The molecule has 0 spiro atoms. The highest BCUT2D eigenvalue weighted by Crippen LogP contribution is 2.44. The molecule has 0 saturated heterocycles. The predicted octanol–water partition coefficient (Wildman–Crippen LogP) is 4.83. The van der Waals surface area contributed by atoms with Crippen LogP contribution >= 0.6 is 0 Å². The highest BCUT2D eigenvalue weighted by atomic mass is 16.5. The maximum Gasteiger partial charge on any atom is 0.232 e. The molecule has 0 unspecified atom stereocenters. The van der Waals surface area contributed by atoms with Crippen LogP contribution in [0.3, 0.4) is 0 Å². The van der Waals surface area contributed by atoms with Crippen LogP contribution in [-0.4, -0.2) is 23.0 Å². The topological polar surface area (TPSA) is 60.5 Å². The molecule has 152 valence electrons. The van der Waals surface area contributed by atoms with Crippen LogP contribution in [0.5, 0.6) is 17.4 Å². The number of hydrogen-bond donors (Lipinski definition) is 1. The van der Waals surface area contributed by atoms with Gasteiger partial charge in [-0.1, -0.05) is 42.5 Å². The van der Waals surface area contributed by atoms with Crippen molar-refractivity contribution in [3.05, 3.63) is 84.1 Å². The first kappa shape index (κ1) is 18.7. The second-order valence-corrected chi connectivity index (χ2v) is 7.88. The van der Waals surface area contributed by atoms with Crippen molar-refractivity contribution in [3.8, 4) is 17.4 Å². The van der Waals surface area contributed by atoms with E-state index in [0.29, 0.717) is 5.88 Å². The summed E-state index contributed by atoms with van der Waals surface area (Å²) in [4.78, 5) is 17.6. The molecule has 3 aromatic rings. The van der Waals surface area contributed by atoms with Crippen molar-refractivity contribution >= 4 is 5.91 Å². The fourth-order valence-corrected chi connectivity index (χ4v) is 4.39. The summed E-state index contributed by atoms with van der Waals surface area (Å²) in [7, 11) is 0. The summed E-state index contributed by atoms with van der Waals surface area (Å²) < 4.78 is 12.0. The number of aromatic nitrogens is 1. The van der Waals surface area contributed by atoms with Gasteiger partial charge in [-0.15, -0.1) is 0 Å². The number of carbonyl (C=O) groups is 1. The Labute approximate surface area is 176 Å². The summed E-state index contributed by atoms with van der Waals surface area (Å²) in [5.41, 5.74) is 1.83. The van der Waals surface area contributed by atoms with Crippen molar-refractivity contribution < 1.29 is 14.3 Å².